The highest BCUT2D eigenvalue weighted by atomic mass is 35.7. The summed E-state index contributed by atoms with van der Waals surface area (Å²) in [5.74, 6) is 23.4. The van der Waals surface area contributed by atoms with Crippen molar-refractivity contribution < 1.29 is 50.2 Å². The van der Waals surface area contributed by atoms with Gasteiger partial charge in [-0.15, -0.1) is 0 Å². The Labute approximate surface area is 400 Å². The van der Waals surface area contributed by atoms with E-state index in [4.69, 9.17) is 29.2 Å². The van der Waals surface area contributed by atoms with E-state index >= 15 is 0 Å². The lowest BCUT2D eigenvalue weighted by molar-refractivity contribution is -0.161. The molecule has 0 rings (SSSR count). The van der Waals surface area contributed by atoms with Crippen molar-refractivity contribution in [3.8, 4) is 47.4 Å². The minimum atomic E-state index is -4.71. The number of hydrogen-bond acceptors (Lipinski definition) is 10. The van der Waals surface area contributed by atoms with Crippen LogP contribution in [-0.4, -0.2) is 57.8 Å². The van der Waals surface area contributed by atoms with Crippen LogP contribution in [0.5, 0.6) is 0 Å². The van der Waals surface area contributed by atoms with Gasteiger partial charge in [0.25, 0.3) is 0 Å². The second-order valence-corrected chi connectivity index (χ2v) is 20.1. The first-order valence-electron chi connectivity index (χ1n) is 25.0. The molecule has 11 nitrogen and oxygen atoms in total. The monoisotopic (exact) mass is 971 g/mol. The summed E-state index contributed by atoms with van der Waals surface area (Å²) in [5, 5.41) is 0. The van der Waals surface area contributed by atoms with Crippen LogP contribution in [0.4, 0.5) is 0 Å². The molecule has 0 aliphatic heterocycles. The summed E-state index contributed by atoms with van der Waals surface area (Å²) in [4.78, 5) is 35.2. The molecule has 0 aromatic carbocycles. The van der Waals surface area contributed by atoms with Crippen molar-refractivity contribution in [1.82, 2.24) is 0 Å². The number of esters is 2. The van der Waals surface area contributed by atoms with Gasteiger partial charge in [-0.2, -0.15) is 8.42 Å². The van der Waals surface area contributed by atoms with Gasteiger partial charge in [0.1, 0.15) is 6.61 Å². The van der Waals surface area contributed by atoms with Crippen molar-refractivity contribution in [2.24, 2.45) is 0 Å². The van der Waals surface area contributed by atoms with E-state index in [0.717, 1.165) is 103 Å². The molecule has 0 aliphatic rings. The average molecular weight is 972 g/mol. The maximum Gasteiger partial charge on any atom is 0.472 e. The Bertz CT molecular complexity index is 1610. The molecular weight excluding hydrogens is 887 g/mol. The Morgan fingerprint density at radius 1 is 0.508 bits per heavy atom. The number of phosphoric ester groups is 1. The van der Waals surface area contributed by atoms with Gasteiger partial charge in [-0.25, -0.2) is 4.57 Å². The molecule has 1 N–H and O–H groups in total. The first-order valence-corrected chi connectivity index (χ1v) is 28.7. The van der Waals surface area contributed by atoms with Crippen molar-refractivity contribution in [3.63, 3.8) is 0 Å². The van der Waals surface area contributed by atoms with E-state index in [1.54, 1.807) is 0 Å². The molecule has 0 spiro atoms. The first-order chi connectivity index (χ1) is 31.5. The van der Waals surface area contributed by atoms with Crippen LogP contribution in [0.1, 0.15) is 232 Å². The van der Waals surface area contributed by atoms with Gasteiger partial charge in [0.2, 0.25) is 0 Å². The van der Waals surface area contributed by atoms with E-state index in [2.05, 4.69) is 65.4 Å². The summed E-state index contributed by atoms with van der Waals surface area (Å²) >= 11 is 0. The number of halogens is 1. The van der Waals surface area contributed by atoms with Gasteiger partial charge in [-0.05, 0) is 62.2 Å². The number of carbonyl (C=O) groups is 2. The third-order valence-electron chi connectivity index (χ3n) is 10.4. The highest BCUT2D eigenvalue weighted by Gasteiger charge is 2.26. The summed E-state index contributed by atoms with van der Waals surface area (Å²) in [5.41, 5.74) is 0. The molecule has 2 unspecified atom stereocenters. The van der Waals surface area contributed by atoms with E-state index in [1.165, 1.54) is 89.9 Å². The molecule has 0 amide bonds. The lowest BCUT2D eigenvalue weighted by Gasteiger charge is -2.20. The zero-order valence-corrected chi connectivity index (χ0v) is 42.7. The minimum absolute atomic E-state index is 0.116. The van der Waals surface area contributed by atoms with Crippen molar-refractivity contribution in [1.29, 1.82) is 0 Å². The number of rotatable bonds is 43. The van der Waals surface area contributed by atoms with E-state index in [9.17, 15) is 27.5 Å². The zero-order chi connectivity index (χ0) is 47.8. The SMILES string of the molecule is CCCCCCCCCCC#CC#CCCCCCCCCC(=O)OCC(COP(=O)(O)OCCOS(=O)(=O)Cl)OC(=O)CCCCCCCCC#CC#CCCCCCCCCCC. The Morgan fingerprint density at radius 3 is 1.25 bits per heavy atom. The van der Waals surface area contributed by atoms with Crippen molar-refractivity contribution in [3.05, 3.63) is 0 Å². The van der Waals surface area contributed by atoms with Crippen LogP contribution >= 0.6 is 18.5 Å². The number of phosphoric acid groups is 1. The van der Waals surface area contributed by atoms with E-state index in [-0.39, 0.29) is 19.4 Å². The molecule has 0 aromatic rings. The maximum atomic E-state index is 12.7. The smallest absolute Gasteiger partial charge is 0.462 e. The molecule has 14 heteroatoms. The standard InChI is InChI=1S/C51H84ClO11PS/c1-3-5-7-9-11-13-15-17-19-21-23-25-27-29-31-33-35-37-39-41-43-50(53)59-47-49(48-61-64(55,56)60-45-46-62-65(52,57)58)63-51(54)44-42-40-38-36-34-32-30-28-26-24-22-20-18-16-14-12-10-8-6-4-2/h49H,3-20,29-48H2,1-2H3,(H,55,56). The van der Waals surface area contributed by atoms with Crippen molar-refractivity contribution in [2.75, 3.05) is 26.4 Å². The zero-order valence-electron chi connectivity index (χ0n) is 40.2. The maximum absolute atomic E-state index is 12.7. The summed E-state index contributed by atoms with van der Waals surface area (Å²) in [6, 6.07) is 0. The van der Waals surface area contributed by atoms with Gasteiger partial charge >= 0.3 is 29.1 Å². The molecule has 0 saturated carbocycles. The highest BCUT2D eigenvalue weighted by molar-refractivity contribution is 8.09. The molecule has 0 radical (unpaired) electrons. The molecule has 65 heavy (non-hydrogen) atoms. The number of ether oxygens (including phenoxy) is 2. The van der Waals surface area contributed by atoms with Crippen LogP contribution in [0.2, 0.25) is 0 Å². The Kier molecular flexibility index (Phi) is 44.8. The van der Waals surface area contributed by atoms with Gasteiger partial charge < -0.3 is 14.4 Å². The minimum Gasteiger partial charge on any atom is -0.462 e. The Balaban J connectivity index is 4.39. The first kappa shape index (κ1) is 62.5. The summed E-state index contributed by atoms with van der Waals surface area (Å²) in [6.07, 6.45) is 34.3. The lowest BCUT2D eigenvalue weighted by Crippen LogP contribution is -2.29. The fraction of sp³-hybridized carbons (Fsp3) is 0.804. The quantitative estimate of drug-likeness (QED) is 0.0204. The second-order valence-electron chi connectivity index (χ2n) is 16.5. The molecule has 0 aliphatic carbocycles. The van der Waals surface area contributed by atoms with Gasteiger partial charge in [0, 0.05) is 49.2 Å². The van der Waals surface area contributed by atoms with Gasteiger partial charge in [-0.3, -0.25) is 22.8 Å². The molecule has 2 atom stereocenters. The number of hydrogen-bond donors (Lipinski definition) is 1. The third kappa shape index (κ3) is 50.7. The predicted octanol–water partition coefficient (Wildman–Crippen LogP) is 13.4. The molecule has 0 saturated heterocycles. The normalized spacial score (nSPS) is 12.2. The van der Waals surface area contributed by atoms with Crippen LogP contribution < -0.4 is 0 Å². The number of carbonyl (C=O) groups excluding carboxylic acids is 2. The van der Waals surface area contributed by atoms with Crippen LogP contribution in [0.15, 0.2) is 0 Å². The molecule has 0 aromatic heterocycles. The van der Waals surface area contributed by atoms with Gasteiger partial charge in [-0.1, -0.05) is 179 Å². The predicted molar refractivity (Wildman–Crippen MR) is 263 cm³/mol. The van der Waals surface area contributed by atoms with Crippen molar-refractivity contribution >= 4 is 39.8 Å². The fourth-order valence-electron chi connectivity index (χ4n) is 6.62. The molecular formula is C51H84ClO11PS. The largest absolute Gasteiger partial charge is 0.472 e. The van der Waals surface area contributed by atoms with Crippen LogP contribution in [0, 0.1) is 47.4 Å². The van der Waals surface area contributed by atoms with Crippen LogP contribution in [0.3, 0.4) is 0 Å². The average Bonchev–Trinajstić information content (AvgIpc) is 3.27. The van der Waals surface area contributed by atoms with Crippen LogP contribution in [0.25, 0.3) is 0 Å². The second kappa shape index (κ2) is 46.6. The van der Waals surface area contributed by atoms with Crippen LogP contribution in [-0.2, 0) is 46.2 Å². The van der Waals surface area contributed by atoms with E-state index in [1.807, 2.05) is 0 Å². The van der Waals surface area contributed by atoms with Crippen molar-refractivity contribution in [2.45, 2.75) is 238 Å². The summed E-state index contributed by atoms with van der Waals surface area (Å²) in [7, 11) is -4.05. The fourth-order valence-corrected chi connectivity index (χ4v) is 7.81. The van der Waals surface area contributed by atoms with E-state index < -0.39 is 55.0 Å². The number of unbranched alkanes of at least 4 members (excludes halogenated alkanes) is 28. The lowest BCUT2D eigenvalue weighted by atomic mass is 10.1. The Morgan fingerprint density at radius 2 is 0.862 bits per heavy atom. The van der Waals surface area contributed by atoms with Gasteiger partial charge in [0.15, 0.2) is 6.10 Å². The molecule has 0 fully saturated rings. The molecule has 372 valence electrons. The molecule has 0 bridgehead atoms. The summed E-state index contributed by atoms with van der Waals surface area (Å²) < 4.78 is 58.9. The van der Waals surface area contributed by atoms with E-state index in [0.29, 0.717) is 12.8 Å². The third-order valence-corrected chi connectivity index (χ3v) is 12.1. The summed E-state index contributed by atoms with van der Waals surface area (Å²) in [6.45, 7) is 2.25. The van der Waals surface area contributed by atoms with Gasteiger partial charge in [0.05, 0.1) is 19.8 Å². The molecule has 0 heterocycles. The topological polar surface area (TPSA) is 152 Å². The highest BCUT2D eigenvalue weighted by Crippen LogP contribution is 2.43. The Hall–Kier alpha value is -2.51.